The smallest absolute Gasteiger partial charge is 0.273 e. The van der Waals surface area contributed by atoms with E-state index in [1.807, 2.05) is 0 Å². The standard InChI is InChI=1S/C15H14FN5O2S/c1-21-13(22)6-5-11(20-21)14(23)17-15-19-18-12(24-15)8-9-3-2-4-10(16)7-9/h2-4,7H,5-6,8H2,1H3,(H,17,19,23). The molecule has 1 aromatic heterocycles. The van der Waals surface area contributed by atoms with Crippen LogP contribution in [-0.2, 0) is 16.0 Å². The minimum absolute atomic E-state index is 0.125. The zero-order valence-corrected chi connectivity index (χ0v) is 13.6. The summed E-state index contributed by atoms with van der Waals surface area (Å²) < 4.78 is 13.2. The van der Waals surface area contributed by atoms with Crippen LogP contribution in [0.25, 0.3) is 0 Å². The lowest BCUT2D eigenvalue weighted by molar-refractivity contribution is -0.130. The lowest BCUT2D eigenvalue weighted by atomic mass is 10.1. The third kappa shape index (κ3) is 3.80. The van der Waals surface area contributed by atoms with Crippen molar-refractivity contribution in [3.63, 3.8) is 0 Å². The van der Waals surface area contributed by atoms with E-state index in [9.17, 15) is 14.0 Å². The van der Waals surface area contributed by atoms with E-state index in [4.69, 9.17) is 0 Å². The molecule has 2 amide bonds. The van der Waals surface area contributed by atoms with Gasteiger partial charge in [-0.05, 0) is 17.7 Å². The van der Waals surface area contributed by atoms with Gasteiger partial charge in [0.15, 0.2) is 0 Å². The molecule has 9 heteroatoms. The van der Waals surface area contributed by atoms with Crippen LogP contribution >= 0.6 is 11.3 Å². The maximum Gasteiger partial charge on any atom is 0.273 e. The average molecular weight is 347 g/mol. The van der Waals surface area contributed by atoms with Gasteiger partial charge in [-0.25, -0.2) is 9.40 Å². The van der Waals surface area contributed by atoms with Crippen LogP contribution in [0.4, 0.5) is 9.52 Å². The zero-order valence-electron chi connectivity index (χ0n) is 12.8. The summed E-state index contributed by atoms with van der Waals surface area (Å²) >= 11 is 1.22. The number of nitrogens with one attached hydrogen (secondary N) is 1. The van der Waals surface area contributed by atoms with E-state index in [0.29, 0.717) is 23.0 Å². The Morgan fingerprint density at radius 1 is 1.38 bits per heavy atom. The van der Waals surface area contributed by atoms with Gasteiger partial charge in [0.25, 0.3) is 5.91 Å². The predicted octanol–water partition coefficient (Wildman–Crippen LogP) is 1.81. The summed E-state index contributed by atoms with van der Waals surface area (Å²) in [5, 5.41) is 16.6. The quantitative estimate of drug-likeness (QED) is 0.914. The highest BCUT2D eigenvalue weighted by atomic mass is 32.1. The molecule has 2 heterocycles. The van der Waals surface area contributed by atoms with E-state index in [2.05, 4.69) is 20.6 Å². The summed E-state index contributed by atoms with van der Waals surface area (Å²) in [6, 6.07) is 6.24. The first-order valence-electron chi connectivity index (χ1n) is 7.23. The molecule has 0 radical (unpaired) electrons. The summed E-state index contributed by atoms with van der Waals surface area (Å²) in [4.78, 5) is 23.5. The van der Waals surface area contributed by atoms with Crippen molar-refractivity contribution in [2.45, 2.75) is 19.3 Å². The molecular formula is C15H14FN5O2S. The molecule has 1 aliphatic heterocycles. The number of carbonyl (C=O) groups excluding carboxylic acids is 2. The van der Waals surface area contributed by atoms with Crippen LogP contribution in [0.3, 0.4) is 0 Å². The van der Waals surface area contributed by atoms with Crippen molar-refractivity contribution in [1.29, 1.82) is 0 Å². The number of amides is 2. The highest BCUT2D eigenvalue weighted by Crippen LogP contribution is 2.19. The summed E-state index contributed by atoms with van der Waals surface area (Å²) in [5.41, 5.74) is 1.06. The van der Waals surface area contributed by atoms with Crippen molar-refractivity contribution in [2.75, 3.05) is 12.4 Å². The largest absolute Gasteiger partial charge is 0.295 e. The Labute approximate surface area is 141 Å². The second-order valence-corrected chi connectivity index (χ2v) is 6.29. The Morgan fingerprint density at radius 2 is 2.21 bits per heavy atom. The van der Waals surface area contributed by atoms with Crippen molar-refractivity contribution in [1.82, 2.24) is 15.2 Å². The fourth-order valence-electron chi connectivity index (χ4n) is 2.20. The maximum absolute atomic E-state index is 13.2. The molecule has 0 spiro atoms. The summed E-state index contributed by atoms with van der Waals surface area (Å²) in [7, 11) is 1.51. The monoisotopic (exact) mass is 347 g/mol. The number of aromatic nitrogens is 2. The highest BCUT2D eigenvalue weighted by Gasteiger charge is 2.22. The Balaban J connectivity index is 1.65. The van der Waals surface area contributed by atoms with Crippen molar-refractivity contribution in [3.8, 4) is 0 Å². The summed E-state index contributed by atoms with van der Waals surface area (Å²) in [5.74, 6) is -0.831. The van der Waals surface area contributed by atoms with Gasteiger partial charge in [0.1, 0.15) is 16.5 Å². The van der Waals surface area contributed by atoms with Gasteiger partial charge < -0.3 is 0 Å². The second kappa shape index (κ2) is 6.83. The highest BCUT2D eigenvalue weighted by molar-refractivity contribution is 7.15. The second-order valence-electron chi connectivity index (χ2n) is 5.23. The molecule has 24 heavy (non-hydrogen) atoms. The van der Waals surface area contributed by atoms with E-state index in [-0.39, 0.29) is 23.9 Å². The van der Waals surface area contributed by atoms with Gasteiger partial charge in [0, 0.05) is 26.3 Å². The normalized spacial score (nSPS) is 14.5. The minimum atomic E-state index is -0.400. The number of carbonyl (C=O) groups is 2. The molecule has 0 bridgehead atoms. The van der Waals surface area contributed by atoms with Gasteiger partial charge >= 0.3 is 0 Å². The average Bonchev–Trinajstić information content (AvgIpc) is 2.97. The lowest BCUT2D eigenvalue weighted by Gasteiger charge is -2.18. The third-order valence-electron chi connectivity index (χ3n) is 3.40. The number of benzene rings is 1. The maximum atomic E-state index is 13.2. The topological polar surface area (TPSA) is 87.6 Å². The van der Waals surface area contributed by atoms with Crippen LogP contribution in [0.15, 0.2) is 29.4 Å². The number of nitrogens with zero attached hydrogens (tertiary/aromatic N) is 4. The van der Waals surface area contributed by atoms with Gasteiger partial charge in [-0.3, -0.25) is 14.9 Å². The molecule has 1 N–H and O–H groups in total. The lowest BCUT2D eigenvalue weighted by Crippen LogP contribution is -2.34. The molecule has 3 rings (SSSR count). The molecule has 124 valence electrons. The summed E-state index contributed by atoms with van der Waals surface area (Å²) in [6.07, 6.45) is 0.983. The molecule has 0 saturated carbocycles. The molecule has 0 fully saturated rings. The van der Waals surface area contributed by atoms with Gasteiger partial charge in [-0.2, -0.15) is 5.10 Å². The first kappa shape index (κ1) is 16.2. The fraction of sp³-hybridized carbons (Fsp3) is 0.267. The van der Waals surface area contributed by atoms with E-state index in [0.717, 1.165) is 10.6 Å². The number of hydrogen-bond donors (Lipinski definition) is 1. The Hall–Kier alpha value is -2.68. The molecule has 0 aliphatic carbocycles. The SMILES string of the molecule is CN1N=C(C(=O)Nc2nnc(Cc3cccc(F)c3)s2)CCC1=O. The van der Waals surface area contributed by atoms with Crippen molar-refractivity contribution < 1.29 is 14.0 Å². The minimum Gasteiger partial charge on any atom is -0.295 e. The Kier molecular flexibility index (Phi) is 4.61. The van der Waals surface area contributed by atoms with Gasteiger partial charge in [0.05, 0.1) is 0 Å². The molecular weight excluding hydrogens is 333 g/mol. The molecule has 0 saturated heterocycles. The zero-order chi connectivity index (χ0) is 17.1. The van der Waals surface area contributed by atoms with Crippen LogP contribution in [0.2, 0.25) is 0 Å². The molecule has 1 aromatic carbocycles. The first-order valence-corrected chi connectivity index (χ1v) is 8.05. The first-order chi connectivity index (χ1) is 11.5. The van der Waals surface area contributed by atoms with Crippen LogP contribution < -0.4 is 5.32 Å². The van der Waals surface area contributed by atoms with Crippen molar-refractivity contribution in [2.24, 2.45) is 5.10 Å². The number of hydrogen-bond acceptors (Lipinski definition) is 6. The molecule has 7 nitrogen and oxygen atoms in total. The number of anilines is 1. The van der Waals surface area contributed by atoms with Crippen LogP contribution in [0.5, 0.6) is 0 Å². The predicted molar refractivity (Wildman–Crippen MR) is 87.2 cm³/mol. The van der Waals surface area contributed by atoms with E-state index in [1.165, 1.54) is 30.5 Å². The van der Waals surface area contributed by atoms with Crippen LogP contribution in [0.1, 0.15) is 23.4 Å². The van der Waals surface area contributed by atoms with E-state index >= 15 is 0 Å². The number of rotatable bonds is 4. The summed E-state index contributed by atoms with van der Waals surface area (Å²) in [6.45, 7) is 0. The molecule has 0 atom stereocenters. The van der Waals surface area contributed by atoms with E-state index in [1.54, 1.807) is 12.1 Å². The third-order valence-corrected chi connectivity index (χ3v) is 4.24. The van der Waals surface area contributed by atoms with E-state index < -0.39 is 5.91 Å². The molecule has 0 unspecified atom stereocenters. The number of hydrazone groups is 1. The van der Waals surface area contributed by atoms with Crippen LogP contribution in [-0.4, -0.2) is 39.8 Å². The van der Waals surface area contributed by atoms with Crippen molar-refractivity contribution in [3.05, 3.63) is 40.7 Å². The Bertz CT molecular complexity index is 820. The van der Waals surface area contributed by atoms with Gasteiger partial charge in [-0.15, -0.1) is 10.2 Å². The molecule has 1 aliphatic rings. The molecule has 2 aromatic rings. The van der Waals surface area contributed by atoms with Crippen LogP contribution in [0, 0.1) is 5.82 Å². The number of halogens is 1. The van der Waals surface area contributed by atoms with Crippen molar-refractivity contribution >= 4 is 34.0 Å². The Morgan fingerprint density at radius 3 is 2.96 bits per heavy atom. The fourth-order valence-corrected chi connectivity index (χ4v) is 2.97. The van der Waals surface area contributed by atoms with Gasteiger partial charge in [-0.1, -0.05) is 23.5 Å². The van der Waals surface area contributed by atoms with Gasteiger partial charge in [0.2, 0.25) is 11.0 Å².